The van der Waals surface area contributed by atoms with E-state index in [1.54, 1.807) is 6.08 Å². The van der Waals surface area contributed by atoms with Crippen LogP contribution in [-0.4, -0.2) is 10.9 Å². The van der Waals surface area contributed by atoms with Gasteiger partial charge in [-0.05, 0) is 48.7 Å². The Bertz CT molecular complexity index is 1310. The van der Waals surface area contributed by atoms with E-state index < -0.39 is 5.91 Å². The fourth-order valence-electron chi connectivity index (χ4n) is 3.50. The molecule has 0 bridgehead atoms. The molecule has 0 atom stereocenters. The largest absolute Gasteiger partial charge is 0.354 e. The summed E-state index contributed by atoms with van der Waals surface area (Å²) in [6.07, 6.45) is 1.67. The summed E-state index contributed by atoms with van der Waals surface area (Å²) >= 11 is 0. The van der Waals surface area contributed by atoms with E-state index >= 15 is 0 Å². The normalized spacial score (nSPS) is 11.3. The van der Waals surface area contributed by atoms with Crippen molar-refractivity contribution in [3.8, 4) is 17.3 Å². The maximum Gasteiger partial charge on any atom is 0.266 e. The standard InChI is InChI=1S/C26H21N3O/c1-17-12-13-18(2)24(14-17)29-26(30)20(16-27)15-22-21-10-6-7-11-23(21)28-25(22)19-8-4-3-5-9-19/h3-15,28H,1-2H3,(H,29,30)/b20-15+. The summed E-state index contributed by atoms with van der Waals surface area (Å²) in [5.41, 5.74) is 6.40. The van der Waals surface area contributed by atoms with E-state index in [-0.39, 0.29) is 5.57 Å². The van der Waals surface area contributed by atoms with Gasteiger partial charge in [0.2, 0.25) is 0 Å². The molecule has 0 aliphatic rings. The van der Waals surface area contributed by atoms with E-state index in [1.807, 2.05) is 86.6 Å². The number of benzene rings is 3. The third-order valence-corrected chi connectivity index (χ3v) is 5.10. The van der Waals surface area contributed by atoms with Crippen molar-refractivity contribution in [1.29, 1.82) is 5.26 Å². The fraction of sp³-hybridized carbons (Fsp3) is 0.0769. The van der Waals surface area contributed by atoms with Gasteiger partial charge in [0, 0.05) is 22.2 Å². The van der Waals surface area contributed by atoms with Crippen molar-refractivity contribution in [1.82, 2.24) is 4.98 Å². The molecule has 4 nitrogen and oxygen atoms in total. The molecule has 4 heteroatoms. The highest BCUT2D eigenvalue weighted by molar-refractivity contribution is 6.12. The van der Waals surface area contributed by atoms with Gasteiger partial charge in [-0.3, -0.25) is 4.79 Å². The zero-order valence-electron chi connectivity index (χ0n) is 16.9. The number of anilines is 1. The maximum absolute atomic E-state index is 12.9. The molecule has 0 spiro atoms. The van der Waals surface area contributed by atoms with E-state index in [2.05, 4.69) is 16.4 Å². The number of hydrogen-bond acceptors (Lipinski definition) is 2. The molecule has 0 fully saturated rings. The van der Waals surface area contributed by atoms with Crippen LogP contribution < -0.4 is 5.32 Å². The Balaban J connectivity index is 1.80. The lowest BCUT2D eigenvalue weighted by atomic mass is 10.0. The van der Waals surface area contributed by atoms with Crippen molar-refractivity contribution in [3.63, 3.8) is 0 Å². The number of hydrogen-bond donors (Lipinski definition) is 2. The quantitative estimate of drug-likeness (QED) is 0.331. The molecule has 30 heavy (non-hydrogen) atoms. The highest BCUT2D eigenvalue weighted by Gasteiger charge is 2.16. The van der Waals surface area contributed by atoms with Crippen LogP contribution in [0.3, 0.4) is 0 Å². The minimum Gasteiger partial charge on any atom is -0.354 e. The first kappa shape index (κ1) is 19.2. The summed E-state index contributed by atoms with van der Waals surface area (Å²) in [6, 6.07) is 25.7. The molecular formula is C26H21N3O. The number of carbonyl (C=O) groups is 1. The highest BCUT2D eigenvalue weighted by atomic mass is 16.1. The lowest BCUT2D eigenvalue weighted by molar-refractivity contribution is -0.112. The number of rotatable bonds is 4. The third kappa shape index (κ3) is 3.74. The lowest BCUT2D eigenvalue weighted by Crippen LogP contribution is -2.14. The smallest absolute Gasteiger partial charge is 0.266 e. The molecule has 4 rings (SSSR count). The van der Waals surface area contributed by atoms with Crippen LogP contribution in [0.15, 0.2) is 78.4 Å². The predicted molar refractivity (Wildman–Crippen MR) is 122 cm³/mol. The van der Waals surface area contributed by atoms with Crippen LogP contribution in [0, 0.1) is 25.2 Å². The minimum absolute atomic E-state index is 0.0536. The summed E-state index contributed by atoms with van der Waals surface area (Å²) in [6.45, 7) is 3.90. The number of fused-ring (bicyclic) bond motifs is 1. The van der Waals surface area contributed by atoms with Gasteiger partial charge in [0.05, 0.1) is 5.69 Å². The monoisotopic (exact) mass is 391 g/mol. The Labute approximate surface area is 175 Å². The van der Waals surface area contributed by atoms with Crippen molar-refractivity contribution < 1.29 is 4.79 Å². The van der Waals surface area contributed by atoms with Crippen molar-refractivity contribution >= 4 is 28.6 Å². The Morgan fingerprint density at radius 2 is 1.73 bits per heavy atom. The molecule has 0 unspecified atom stereocenters. The van der Waals surface area contributed by atoms with Crippen molar-refractivity contribution in [3.05, 3.63) is 95.1 Å². The molecule has 0 radical (unpaired) electrons. The van der Waals surface area contributed by atoms with E-state index in [0.29, 0.717) is 5.69 Å². The predicted octanol–water partition coefficient (Wildman–Crippen LogP) is 6.00. The van der Waals surface area contributed by atoms with E-state index in [1.165, 1.54) is 0 Å². The van der Waals surface area contributed by atoms with Crippen LogP contribution in [0.25, 0.3) is 28.2 Å². The molecule has 1 aromatic heterocycles. The number of nitrogens with one attached hydrogen (secondary N) is 2. The average Bonchev–Trinajstić information content (AvgIpc) is 3.13. The number of carbonyl (C=O) groups excluding carboxylic acids is 1. The number of aromatic amines is 1. The Kier molecular flexibility index (Phi) is 5.19. The Morgan fingerprint density at radius 1 is 1.00 bits per heavy atom. The third-order valence-electron chi connectivity index (χ3n) is 5.10. The van der Waals surface area contributed by atoms with Gasteiger partial charge < -0.3 is 10.3 Å². The van der Waals surface area contributed by atoms with Crippen LogP contribution in [0.1, 0.15) is 16.7 Å². The van der Waals surface area contributed by atoms with Crippen molar-refractivity contribution in [2.45, 2.75) is 13.8 Å². The Hall–Kier alpha value is -4.10. The number of nitrogens with zero attached hydrogens (tertiary/aromatic N) is 1. The van der Waals surface area contributed by atoms with E-state index in [9.17, 15) is 10.1 Å². The van der Waals surface area contributed by atoms with Crippen LogP contribution in [-0.2, 0) is 4.79 Å². The highest BCUT2D eigenvalue weighted by Crippen LogP contribution is 2.32. The zero-order valence-corrected chi connectivity index (χ0v) is 16.9. The number of para-hydroxylation sites is 1. The first-order valence-electron chi connectivity index (χ1n) is 9.73. The molecule has 0 saturated carbocycles. The summed E-state index contributed by atoms with van der Waals surface area (Å²) in [7, 11) is 0. The van der Waals surface area contributed by atoms with Gasteiger partial charge >= 0.3 is 0 Å². The van der Waals surface area contributed by atoms with Gasteiger partial charge in [0.1, 0.15) is 11.6 Å². The van der Waals surface area contributed by atoms with Gasteiger partial charge in [0.25, 0.3) is 5.91 Å². The van der Waals surface area contributed by atoms with Gasteiger partial charge in [-0.2, -0.15) is 5.26 Å². The molecule has 0 aliphatic carbocycles. The molecule has 146 valence electrons. The molecule has 4 aromatic rings. The minimum atomic E-state index is -0.421. The molecule has 0 saturated heterocycles. The number of aromatic nitrogens is 1. The summed E-state index contributed by atoms with van der Waals surface area (Å²) in [4.78, 5) is 16.3. The second-order valence-corrected chi connectivity index (χ2v) is 7.27. The van der Waals surface area contributed by atoms with Crippen molar-refractivity contribution in [2.24, 2.45) is 0 Å². The zero-order chi connectivity index (χ0) is 21.1. The summed E-state index contributed by atoms with van der Waals surface area (Å²) in [5.74, 6) is -0.421. The molecule has 3 aromatic carbocycles. The van der Waals surface area contributed by atoms with Gasteiger partial charge in [-0.15, -0.1) is 0 Å². The van der Waals surface area contributed by atoms with Crippen LogP contribution >= 0.6 is 0 Å². The maximum atomic E-state index is 12.9. The van der Waals surface area contributed by atoms with Crippen LogP contribution in [0.5, 0.6) is 0 Å². The van der Waals surface area contributed by atoms with Gasteiger partial charge in [-0.1, -0.05) is 60.7 Å². The number of H-pyrrole nitrogens is 1. The number of aryl methyl sites for hydroxylation is 2. The van der Waals surface area contributed by atoms with E-state index in [4.69, 9.17) is 0 Å². The summed E-state index contributed by atoms with van der Waals surface area (Å²) in [5, 5.41) is 13.6. The molecular weight excluding hydrogens is 370 g/mol. The van der Waals surface area contributed by atoms with Gasteiger partial charge in [0.15, 0.2) is 0 Å². The van der Waals surface area contributed by atoms with Crippen LogP contribution in [0.2, 0.25) is 0 Å². The van der Waals surface area contributed by atoms with Gasteiger partial charge in [-0.25, -0.2) is 0 Å². The second kappa shape index (κ2) is 8.10. The SMILES string of the molecule is Cc1ccc(C)c(NC(=O)/C(C#N)=C/c2c(-c3ccccc3)[nH]c3ccccc23)c1. The first-order valence-corrected chi connectivity index (χ1v) is 9.73. The second-order valence-electron chi connectivity index (χ2n) is 7.27. The molecule has 1 heterocycles. The van der Waals surface area contributed by atoms with Crippen LogP contribution in [0.4, 0.5) is 5.69 Å². The van der Waals surface area contributed by atoms with E-state index in [0.717, 1.165) is 38.9 Å². The molecule has 1 amide bonds. The fourth-order valence-corrected chi connectivity index (χ4v) is 3.50. The van der Waals surface area contributed by atoms with Crippen molar-refractivity contribution in [2.75, 3.05) is 5.32 Å². The number of amides is 1. The Morgan fingerprint density at radius 3 is 2.50 bits per heavy atom. The molecule has 0 aliphatic heterocycles. The summed E-state index contributed by atoms with van der Waals surface area (Å²) < 4.78 is 0. The molecule has 2 N–H and O–H groups in total. The number of nitriles is 1. The lowest BCUT2D eigenvalue weighted by Gasteiger charge is -2.09. The first-order chi connectivity index (χ1) is 14.6. The average molecular weight is 391 g/mol. The topological polar surface area (TPSA) is 68.7 Å².